The van der Waals surface area contributed by atoms with Crippen molar-refractivity contribution in [2.24, 2.45) is 0 Å². The van der Waals surface area contributed by atoms with Gasteiger partial charge in [0.05, 0.1) is 10.2 Å². The Morgan fingerprint density at radius 2 is 2.04 bits per heavy atom. The molecule has 1 aliphatic rings. The monoisotopic (exact) mass is 394 g/mol. The predicted octanol–water partition coefficient (Wildman–Crippen LogP) is 3.72. The third-order valence-corrected chi connectivity index (χ3v) is 6.16. The van der Waals surface area contributed by atoms with Gasteiger partial charge in [0.25, 0.3) is 0 Å². The van der Waals surface area contributed by atoms with Crippen molar-refractivity contribution in [3.05, 3.63) is 23.2 Å². The molecular formula is C19H27ClN4OS. The van der Waals surface area contributed by atoms with Crippen LogP contribution in [0.5, 0.6) is 0 Å². The van der Waals surface area contributed by atoms with E-state index in [0.717, 1.165) is 59.6 Å². The Balaban J connectivity index is 1.49. The summed E-state index contributed by atoms with van der Waals surface area (Å²) in [4.78, 5) is 23.7. The second kappa shape index (κ2) is 9.02. The molecule has 5 nitrogen and oxygen atoms in total. The Kier molecular flexibility index (Phi) is 6.73. The summed E-state index contributed by atoms with van der Waals surface area (Å²) in [5, 5.41) is 1.76. The Morgan fingerprint density at radius 3 is 2.77 bits per heavy atom. The van der Waals surface area contributed by atoms with Crippen LogP contribution >= 0.6 is 22.9 Å². The summed E-state index contributed by atoms with van der Waals surface area (Å²) in [7, 11) is 2.10. The zero-order valence-corrected chi connectivity index (χ0v) is 17.2. The molecule has 0 N–H and O–H groups in total. The van der Waals surface area contributed by atoms with Crippen molar-refractivity contribution in [2.75, 3.05) is 51.2 Å². The number of hydrogen-bond acceptors (Lipinski definition) is 5. The van der Waals surface area contributed by atoms with Crippen molar-refractivity contribution in [3.8, 4) is 0 Å². The van der Waals surface area contributed by atoms with E-state index in [9.17, 15) is 4.79 Å². The first kappa shape index (κ1) is 19.4. The minimum absolute atomic E-state index is 0.268. The summed E-state index contributed by atoms with van der Waals surface area (Å²) in [5.41, 5.74) is 0.989. The van der Waals surface area contributed by atoms with Crippen LogP contribution in [0.25, 0.3) is 10.2 Å². The number of amides is 1. The predicted molar refractivity (Wildman–Crippen MR) is 110 cm³/mol. The Bertz CT molecular complexity index is 742. The molecule has 1 aromatic carbocycles. The average molecular weight is 395 g/mol. The summed E-state index contributed by atoms with van der Waals surface area (Å²) < 4.78 is 1.11. The highest BCUT2D eigenvalue weighted by molar-refractivity contribution is 7.22. The lowest BCUT2D eigenvalue weighted by Gasteiger charge is -2.34. The number of hydrogen-bond donors (Lipinski definition) is 0. The largest absolute Gasteiger partial charge is 0.345 e. The van der Waals surface area contributed by atoms with E-state index in [1.807, 2.05) is 23.1 Å². The molecule has 0 saturated carbocycles. The maximum atomic E-state index is 12.5. The number of carbonyl (C=O) groups is 1. The van der Waals surface area contributed by atoms with Crippen LogP contribution in [0.1, 0.15) is 26.2 Å². The maximum Gasteiger partial charge on any atom is 0.223 e. The first-order valence-corrected chi connectivity index (χ1v) is 10.5. The molecule has 142 valence electrons. The number of thiazole rings is 1. The molecule has 0 bridgehead atoms. The number of carbonyl (C=O) groups excluding carboxylic acids is 1. The number of unbranched alkanes of at least 4 members (excludes halogenated alkanes) is 1. The molecule has 26 heavy (non-hydrogen) atoms. The highest BCUT2D eigenvalue weighted by atomic mass is 35.5. The third-order valence-electron chi connectivity index (χ3n) is 4.84. The molecule has 1 fully saturated rings. The fourth-order valence-corrected chi connectivity index (χ4v) is 4.45. The number of nitrogens with zero attached hydrogens (tertiary/aromatic N) is 4. The Hall–Kier alpha value is -1.37. The number of rotatable bonds is 7. The minimum Gasteiger partial charge on any atom is -0.345 e. The van der Waals surface area contributed by atoms with E-state index < -0.39 is 0 Å². The molecule has 7 heteroatoms. The molecule has 0 radical (unpaired) electrons. The van der Waals surface area contributed by atoms with Crippen LogP contribution in [0.3, 0.4) is 0 Å². The highest BCUT2D eigenvalue weighted by Crippen LogP contribution is 2.31. The first-order valence-electron chi connectivity index (χ1n) is 9.34. The molecule has 1 saturated heterocycles. The van der Waals surface area contributed by atoms with Gasteiger partial charge in [0.2, 0.25) is 5.91 Å². The summed E-state index contributed by atoms with van der Waals surface area (Å²) in [6.07, 6.45) is 2.99. The molecule has 0 aliphatic carbocycles. The molecule has 0 atom stereocenters. The summed E-state index contributed by atoms with van der Waals surface area (Å²) in [6, 6.07) is 5.81. The van der Waals surface area contributed by atoms with E-state index in [0.29, 0.717) is 6.42 Å². The molecule has 1 aromatic heterocycles. The molecular weight excluding hydrogens is 368 g/mol. The van der Waals surface area contributed by atoms with Gasteiger partial charge in [-0.15, -0.1) is 0 Å². The van der Waals surface area contributed by atoms with Crippen molar-refractivity contribution in [1.29, 1.82) is 0 Å². The minimum atomic E-state index is 0.268. The second-order valence-corrected chi connectivity index (χ2v) is 8.33. The lowest BCUT2D eigenvalue weighted by Crippen LogP contribution is -2.49. The number of anilines is 1. The lowest BCUT2D eigenvalue weighted by molar-refractivity contribution is -0.131. The van der Waals surface area contributed by atoms with Crippen molar-refractivity contribution >= 4 is 44.2 Å². The molecule has 2 aromatic rings. The van der Waals surface area contributed by atoms with E-state index in [-0.39, 0.29) is 5.91 Å². The van der Waals surface area contributed by atoms with Gasteiger partial charge in [0.1, 0.15) is 0 Å². The summed E-state index contributed by atoms with van der Waals surface area (Å²) in [6.45, 7) is 7.33. The second-order valence-electron chi connectivity index (χ2n) is 6.88. The third kappa shape index (κ3) is 4.87. The van der Waals surface area contributed by atoms with E-state index in [1.165, 1.54) is 12.8 Å². The fraction of sp³-hybridized carbons (Fsp3) is 0.579. The van der Waals surface area contributed by atoms with Crippen molar-refractivity contribution in [3.63, 3.8) is 0 Å². The number of halogens is 1. The Labute approximate surface area is 164 Å². The van der Waals surface area contributed by atoms with Crippen LogP contribution in [0.4, 0.5) is 5.13 Å². The van der Waals surface area contributed by atoms with Crippen LogP contribution in [-0.4, -0.2) is 67.0 Å². The topological polar surface area (TPSA) is 39.7 Å². The van der Waals surface area contributed by atoms with Crippen molar-refractivity contribution in [2.45, 2.75) is 26.2 Å². The van der Waals surface area contributed by atoms with Gasteiger partial charge in [0.15, 0.2) is 5.13 Å². The van der Waals surface area contributed by atoms with Gasteiger partial charge in [-0.05, 0) is 38.2 Å². The summed E-state index contributed by atoms with van der Waals surface area (Å²) >= 11 is 7.73. The van der Waals surface area contributed by atoms with Gasteiger partial charge in [0, 0.05) is 44.2 Å². The van der Waals surface area contributed by atoms with E-state index in [1.54, 1.807) is 11.3 Å². The number of fused-ring (bicyclic) bond motifs is 1. The molecule has 0 unspecified atom stereocenters. The standard InChI is InChI=1S/C19H27ClN4OS/c1-3-4-8-22(2)9-7-18(25)23-10-12-24(13-11-23)19-21-16-6-5-15(20)14-17(16)26-19/h5-6,14H,3-4,7-13H2,1-2H3. The zero-order chi connectivity index (χ0) is 18.5. The fourth-order valence-electron chi connectivity index (χ4n) is 3.15. The smallest absolute Gasteiger partial charge is 0.223 e. The molecule has 3 rings (SSSR count). The average Bonchev–Trinajstić information content (AvgIpc) is 3.07. The number of aromatic nitrogens is 1. The van der Waals surface area contributed by atoms with Gasteiger partial charge in [-0.1, -0.05) is 36.3 Å². The van der Waals surface area contributed by atoms with E-state index in [2.05, 4.69) is 23.8 Å². The van der Waals surface area contributed by atoms with E-state index >= 15 is 0 Å². The van der Waals surface area contributed by atoms with Crippen LogP contribution in [0, 0.1) is 0 Å². The van der Waals surface area contributed by atoms with Gasteiger partial charge >= 0.3 is 0 Å². The highest BCUT2D eigenvalue weighted by Gasteiger charge is 2.23. The first-order chi connectivity index (χ1) is 12.6. The number of piperazine rings is 1. The van der Waals surface area contributed by atoms with Crippen LogP contribution in [0.2, 0.25) is 5.02 Å². The molecule has 1 aliphatic heterocycles. The van der Waals surface area contributed by atoms with Crippen molar-refractivity contribution < 1.29 is 4.79 Å². The van der Waals surface area contributed by atoms with Gasteiger partial charge in [-0.2, -0.15) is 0 Å². The zero-order valence-electron chi connectivity index (χ0n) is 15.6. The Morgan fingerprint density at radius 1 is 1.27 bits per heavy atom. The molecule has 2 heterocycles. The van der Waals surface area contributed by atoms with Gasteiger partial charge < -0.3 is 14.7 Å². The van der Waals surface area contributed by atoms with Gasteiger partial charge in [-0.3, -0.25) is 4.79 Å². The normalized spacial score (nSPS) is 15.2. The molecule has 0 spiro atoms. The van der Waals surface area contributed by atoms with Crippen LogP contribution in [0.15, 0.2) is 18.2 Å². The van der Waals surface area contributed by atoms with Crippen LogP contribution in [-0.2, 0) is 4.79 Å². The molecule has 1 amide bonds. The van der Waals surface area contributed by atoms with E-state index in [4.69, 9.17) is 16.6 Å². The summed E-state index contributed by atoms with van der Waals surface area (Å²) in [5.74, 6) is 0.268. The van der Waals surface area contributed by atoms with Gasteiger partial charge in [-0.25, -0.2) is 4.98 Å². The van der Waals surface area contributed by atoms with Crippen molar-refractivity contribution in [1.82, 2.24) is 14.8 Å². The van der Waals surface area contributed by atoms with Crippen LogP contribution < -0.4 is 4.90 Å². The quantitative estimate of drug-likeness (QED) is 0.717. The SMILES string of the molecule is CCCCN(C)CCC(=O)N1CCN(c2nc3ccc(Cl)cc3s2)CC1. The lowest BCUT2D eigenvalue weighted by atomic mass is 10.2. The number of benzene rings is 1. The maximum absolute atomic E-state index is 12.5.